The maximum atomic E-state index is 12.9. The molecule has 164 valence electrons. The molecule has 1 aliphatic heterocycles. The molecule has 2 heterocycles. The number of aromatic hydroxyl groups is 1. The Morgan fingerprint density at radius 3 is 2.35 bits per heavy atom. The van der Waals surface area contributed by atoms with E-state index in [0.717, 1.165) is 0 Å². The smallest absolute Gasteiger partial charge is 0.229 e. The summed E-state index contributed by atoms with van der Waals surface area (Å²) in [6.07, 6.45) is -6.45. The minimum absolute atomic E-state index is 0.0280. The van der Waals surface area contributed by atoms with Crippen LogP contribution >= 0.6 is 0 Å². The summed E-state index contributed by atoms with van der Waals surface area (Å²) in [7, 11) is 1.43. The molecule has 3 aromatic rings. The van der Waals surface area contributed by atoms with Gasteiger partial charge in [-0.2, -0.15) is 0 Å². The van der Waals surface area contributed by atoms with Gasteiger partial charge in [0.1, 0.15) is 52.3 Å². The molecular formula is C22H22O9. The molecule has 1 fully saturated rings. The van der Waals surface area contributed by atoms with Gasteiger partial charge in [-0.1, -0.05) is 0 Å². The fourth-order valence-electron chi connectivity index (χ4n) is 3.44. The van der Waals surface area contributed by atoms with Gasteiger partial charge in [0.05, 0.1) is 13.2 Å². The maximum absolute atomic E-state index is 12.9. The number of benzene rings is 2. The summed E-state index contributed by atoms with van der Waals surface area (Å²) in [4.78, 5) is 12.9. The Bertz CT molecular complexity index is 1140. The highest BCUT2D eigenvalue weighted by molar-refractivity contribution is 5.86. The molecular weight excluding hydrogens is 408 g/mol. The number of phenolic OH excluding ortho intramolecular Hbond substituents is 1. The molecule has 4 N–H and O–H groups in total. The summed E-state index contributed by atoms with van der Waals surface area (Å²) in [6.45, 7) is 1.53. The molecule has 9 heteroatoms. The van der Waals surface area contributed by atoms with Crippen LogP contribution in [0.1, 0.15) is 6.92 Å². The van der Waals surface area contributed by atoms with Crippen molar-refractivity contribution in [2.75, 3.05) is 7.11 Å². The molecule has 0 bridgehead atoms. The van der Waals surface area contributed by atoms with Crippen LogP contribution in [0.5, 0.6) is 17.2 Å². The number of hydrogen-bond acceptors (Lipinski definition) is 9. The molecule has 1 aromatic heterocycles. The van der Waals surface area contributed by atoms with E-state index in [1.165, 1.54) is 44.4 Å². The number of phenols is 1. The monoisotopic (exact) mass is 430 g/mol. The van der Waals surface area contributed by atoms with Crippen LogP contribution in [0.3, 0.4) is 0 Å². The molecule has 1 saturated heterocycles. The Balaban J connectivity index is 1.78. The lowest BCUT2D eigenvalue weighted by atomic mass is 10.00. The van der Waals surface area contributed by atoms with Gasteiger partial charge in [0.25, 0.3) is 0 Å². The van der Waals surface area contributed by atoms with E-state index in [1.807, 2.05) is 0 Å². The lowest BCUT2D eigenvalue weighted by molar-refractivity contribution is -0.267. The minimum Gasteiger partial charge on any atom is -0.508 e. The number of hydrogen-bond donors (Lipinski definition) is 4. The van der Waals surface area contributed by atoms with E-state index in [0.29, 0.717) is 11.3 Å². The van der Waals surface area contributed by atoms with Crippen LogP contribution in [0.2, 0.25) is 0 Å². The quantitative estimate of drug-likeness (QED) is 0.483. The van der Waals surface area contributed by atoms with Crippen LogP contribution in [-0.4, -0.2) is 58.2 Å². The second kappa shape index (κ2) is 8.20. The van der Waals surface area contributed by atoms with Crippen molar-refractivity contribution < 1.29 is 39.1 Å². The summed E-state index contributed by atoms with van der Waals surface area (Å²) in [6, 6.07) is 10.4. The van der Waals surface area contributed by atoms with Gasteiger partial charge in [-0.15, -0.1) is 0 Å². The average Bonchev–Trinajstić information content (AvgIpc) is 2.75. The highest BCUT2D eigenvalue weighted by Crippen LogP contribution is 2.34. The second-order valence-corrected chi connectivity index (χ2v) is 7.32. The number of ether oxygens (including phenoxy) is 3. The normalized spacial score (nSPS) is 26.0. The first kappa shape index (κ1) is 21.1. The largest absolute Gasteiger partial charge is 0.508 e. The predicted octanol–water partition coefficient (Wildman–Crippen LogP) is 1.38. The van der Waals surface area contributed by atoms with E-state index >= 15 is 0 Å². The Hall–Kier alpha value is -3.11. The molecule has 0 saturated carbocycles. The van der Waals surface area contributed by atoms with Crippen LogP contribution < -0.4 is 14.9 Å². The van der Waals surface area contributed by atoms with Gasteiger partial charge in [0.2, 0.25) is 6.29 Å². The highest BCUT2D eigenvalue weighted by atomic mass is 16.7. The van der Waals surface area contributed by atoms with E-state index in [1.54, 1.807) is 12.1 Å². The molecule has 0 spiro atoms. The fourth-order valence-corrected chi connectivity index (χ4v) is 3.44. The minimum atomic E-state index is -1.55. The lowest BCUT2D eigenvalue weighted by Crippen LogP contribution is -2.58. The molecule has 0 radical (unpaired) electrons. The molecule has 9 nitrogen and oxygen atoms in total. The number of rotatable bonds is 4. The molecule has 0 amide bonds. The third kappa shape index (κ3) is 3.96. The second-order valence-electron chi connectivity index (χ2n) is 7.32. The van der Waals surface area contributed by atoms with Gasteiger partial charge in [-0.25, -0.2) is 0 Å². The van der Waals surface area contributed by atoms with Crippen molar-refractivity contribution in [1.82, 2.24) is 0 Å². The first-order valence-electron chi connectivity index (χ1n) is 9.60. The van der Waals surface area contributed by atoms with Gasteiger partial charge in [0.15, 0.2) is 5.43 Å². The third-order valence-corrected chi connectivity index (χ3v) is 5.21. The van der Waals surface area contributed by atoms with Crippen molar-refractivity contribution in [1.29, 1.82) is 0 Å². The molecule has 0 aliphatic carbocycles. The van der Waals surface area contributed by atoms with Gasteiger partial charge >= 0.3 is 0 Å². The zero-order valence-corrected chi connectivity index (χ0v) is 16.8. The van der Waals surface area contributed by atoms with Crippen molar-refractivity contribution >= 4 is 11.0 Å². The molecule has 2 aromatic carbocycles. The zero-order valence-electron chi connectivity index (χ0n) is 16.8. The number of fused-ring (bicyclic) bond motifs is 1. The van der Waals surface area contributed by atoms with Crippen LogP contribution in [0.15, 0.2) is 51.7 Å². The standard InChI is InChI=1S/C22H22O9/c1-10-19(25)20(26)21(27)22(29-10)31-17-8-13(28-2)7-16-18(17)14(24)9-15(30-16)11-3-5-12(23)6-4-11/h3-10,19-23,25-27H,1-2H3. The number of aliphatic hydroxyl groups excluding tert-OH is 3. The zero-order chi connectivity index (χ0) is 22.3. The summed E-state index contributed by atoms with van der Waals surface area (Å²) in [5.74, 6) is 0.710. The fraction of sp³-hybridized carbons (Fsp3) is 0.318. The van der Waals surface area contributed by atoms with Crippen molar-refractivity contribution in [2.24, 2.45) is 0 Å². The third-order valence-electron chi connectivity index (χ3n) is 5.21. The SMILES string of the molecule is COc1cc(OC2OC(C)C(O)C(O)C2O)c2c(=O)cc(-c3ccc(O)cc3)oc2c1. The first-order chi connectivity index (χ1) is 14.8. The van der Waals surface area contributed by atoms with E-state index in [2.05, 4.69) is 0 Å². The molecule has 1 aliphatic rings. The molecule has 31 heavy (non-hydrogen) atoms. The van der Waals surface area contributed by atoms with Crippen molar-refractivity contribution in [3.05, 3.63) is 52.7 Å². The van der Waals surface area contributed by atoms with Crippen molar-refractivity contribution in [3.63, 3.8) is 0 Å². The number of aliphatic hydroxyl groups is 3. The van der Waals surface area contributed by atoms with Gasteiger partial charge in [-0.05, 0) is 31.2 Å². The van der Waals surface area contributed by atoms with E-state index in [9.17, 15) is 25.2 Å². The van der Waals surface area contributed by atoms with Gasteiger partial charge < -0.3 is 39.1 Å². The van der Waals surface area contributed by atoms with Crippen LogP contribution in [0.4, 0.5) is 0 Å². The van der Waals surface area contributed by atoms with E-state index < -0.39 is 36.1 Å². The van der Waals surface area contributed by atoms with Gasteiger partial charge in [-0.3, -0.25) is 4.79 Å². The van der Waals surface area contributed by atoms with Gasteiger partial charge in [0, 0.05) is 23.8 Å². The Morgan fingerprint density at radius 1 is 0.968 bits per heavy atom. The summed E-state index contributed by atoms with van der Waals surface area (Å²) in [5.41, 5.74) is 0.337. The number of methoxy groups -OCH3 is 1. The molecule has 5 unspecified atom stereocenters. The predicted molar refractivity (Wildman–Crippen MR) is 109 cm³/mol. The topological polar surface area (TPSA) is 139 Å². The van der Waals surface area contributed by atoms with Crippen LogP contribution in [0.25, 0.3) is 22.3 Å². The van der Waals surface area contributed by atoms with E-state index in [4.69, 9.17) is 18.6 Å². The Kier molecular flexibility index (Phi) is 5.59. The molecule has 4 rings (SSSR count). The Labute approximate surface area is 176 Å². The van der Waals surface area contributed by atoms with Crippen LogP contribution in [0, 0.1) is 0 Å². The first-order valence-corrected chi connectivity index (χ1v) is 9.60. The van der Waals surface area contributed by atoms with Crippen LogP contribution in [-0.2, 0) is 4.74 Å². The molecule has 5 atom stereocenters. The average molecular weight is 430 g/mol. The highest BCUT2D eigenvalue weighted by Gasteiger charge is 2.43. The summed E-state index contributed by atoms with van der Waals surface area (Å²) >= 11 is 0. The summed E-state index contributed by atoms with van der Waals surface area (Å²) < 4.78 is 22.4. The summed E-state index contributed by atoms with van der Waals surface area (Å²) in [5, 5.41) is 39.7. The van der Waals surface area contributed by atoms with E-state index in [-0.39, 0.29) is 28.2 Å². The Morgan fingerprint density at radius 2 is 1.68 bits per heavy atom. The van der Waals surface area contributed by atoms with Crippen molar-refractivity contribution in [3.8, 4) is 28.6 Å². The maximum Gasteiger partial charge on any atom is 0.229 e. The lowest BCUT2D eigenvalue weighted by Gasteiger charge is -2.39. The van der Waals surface area contributed by atoms with Crippen molar-refractivity contribution in [2.45, 2.75) is 37.6 Å².